The van der Waals surface area contributed by atoms with E-state index >= 15 is 0 Å². The monoisotopic (exact) mass is 108 g/mol. The molecule has 0 aromatic carbocycles. The summed E-state index contributed by atoms with van der Waals surface area (Å²) in [5, 5.41) is 0. The fourth-order valence-corrected chi connectivity index (χ4v) is 0.596. The maximum absolute atomic E-state index is 2.32. The van der Waals surface area contributed by atoms with E-state index in [9.17, 15) is 0 Å². The summed E-state index contributed by atoms with van der Waals surface area (Å²) in [5.41, 5.74) is 0. The highest BCUT2D eigenvalue weighted by atomic mass is 13.8. The maximum atomic E-state index is 2.32. The van der Waals surface area contributed by atoms with Crippen LogP contribution < -0.4 is 0 Å². The molecule has 0 rings (SSSR count). The van der Waals surface area contributed by atoms with Gasteiger partial charge in [-0.25, -0.2) is 0 Å². The molecule has 0 N–H and O–H groups in total. The third-order valence-corrected chi connectivity index (χ3v) is 1.04. The topological polar surface area (TPSA) is 0 Å². The molecule has 0 saturated carbocycles. The van der Waals surface area contributed by atoms with E-state index in [0.717, 1.165) is 12.1 Å². The number of hydrogen-bond acceptors (Lipinski definition) is 0. The van der Waals surface area contributed by atoms with E-state index in [2.05, 4.69) is 35.2 Å². The van der Waals surface area contributed by atoms with Crippen LogP contribution in [0.5, 0.6) is 0 Å². The summed E-state index contributed by atoms with van der Waals surface area (Å²) < 4.78 is 0. The zero-order chi connectivity index (χ0) is 6.41. The average molecular weight is 108 g/mol. The molecular weight excluding hydrogens is 93.7 g/mol. The van der Waals surface area contributed by atoms with Crippen LogP contribution in [-0.4, -0.2) is 14.6 Å². The van der Waals surface area contributed by atoms with Crippen molar-refractivity contribution in [3.05, 3.63) is 0 Å². The number of hydrogen-bond donors (Lipinski definition) is 0. The first-order valence-corrected chi connectivity index (χ1v) is 3.37. The van der Waals surface area contributed by atoms with Crippen molar-refractivity contribution in [2.24, 2.45) is 5.92 Å². The maximum Gasteiger partial charge on any atom is 0.101 e. The second-order valence-electron chi connectivity index (χ2n) is 2.56. The fraction of sp³-hybridized carbons (Fsp3) is 1.00. The highest BCUT2D eigenvalue weighted by Crippen LogP contribution is 1.99. The summed E-state index contributed by atoms with van der Waals surface area (Å²) in [6, 6.07) is 0. The average Bonchev–Trinajstić information content (AvgIpc) is 1.66. The lowest BCUT2D eigenvalue weighted by Gasteiger charge is -1.98. The Morgan fingerprint density at radius 1 is 1.38 bits per heavy atom. The van der Waals surface area contributed by atoms with Gasteiger partial charge in [-0.3, -0.25) is 0 Å². The van der Waals surface area contributed by atoms with E-state index in [1.54, 1.807) is 0 Å². The molecular formula is C6H14B2. The Bertz CT molecular complexity index is 43.8. The van der Waals surface area contributed by atoms with Gasteiger partial charge in [-0.2, -0.15) is 0 Å². The van der Waals surface area contributed by atoms with E-state index in [1.165, 1.54) is 6.32 Å². The lowest BCUT2D eigenvalue weighted by molar-refractivity contribution is 0.731. The second-order valence-corrected chi connectivity index (χ2v) is 2.56. The lowest BCUT2D eigenvalue weighted by Crippen LogP contribution is -1.97. The minimum absolute atomic E-state index is 0.829. The van der Waals surface area contributed by atoms with Crippen LogP contribution in [0.3, 0.4) is 0 Å². The van der Waals surface area contributed by atoms with Gasteiger partial charge in [-0.15, -0.1) is 6.22 Å². The smallest absolute Gasteiger partial charge is 0.101 e. The Kier molecular flexibility index (Phi) is 5.36. The van der Waals surface area contributed by atoms with Crippen molar-refractivity contribution in [2.75, 3.05) is 0 Å². The van der Waals surface area contributed by atoms with Crippen LogP contribution in [0.25, 0.3) is 0 Å². The minimum Gasteiger partial charge on any atom is -0.107 e. The molecule has 0 bridgehead atoms. The van der Waals surface area contributed by atoms with Gasteiger partial charge in [0.25, 0.3) is 0 Å². The lowest BCUT2D eigenvalue weighted by atomic mass is 9.53. The van der Waals surface area contributed by atoms with E-state index in [4.69, 9.17) is 0 Å². The molecule has 44 valence electrons. The van der Waals surface area contributed by atoms with E-state index in [-0.39, 0.29) is 0 Å². The fourth-order valence-electron chi connectivity index (χ4n) is 0.596. The number of rotatable bonds is 4. The van der Waals surface area contributed by atoms with Crippen molar-refractivity contribution in [1.29, 1.82) is 0 Å². The predicted octanol–water partition coefficient (Wildman–Crippen LogP) is 1.89. The van der Waals surface area contributed by atoms with Gasteiger partial charge in [0.2, 0.25) is 0 Å². The van der Waals surface area contributed by atoms with Crippen molar-refractivity contribution in [3.8, 4) is 0 Å². The molecule has 0 aromatic heterocycles. The summed E-state index contributed by atoms with van der Waals surface area (Å²) in [6.07, 6.45) is 2.42. The highest BCUT2D eigenvalue weighted by Gasteiger charge is 1.92. The van der Waals surface area contributed by atoms with Gasteiger partial charge in [-0.05, 0) is 0 Å². The van der Waals surface area contributed by atoms with E-state index in [1.807, 2.05) is 0 Å². The van der Waals surface area contributed by atoms with Crippen LogP contribution in [0.2, 0.25) is 19.4 Å². The molecule has 0 nitrogen and oxygen atoms in total. The SMILES string of the molecule is C[B]C[B]CC(C)C. The quantitative estimate of drug-likeness (QED) is 0.381. The van der Waals surface area contributed by atoms with Crippen LogP contribution in [0.15, 0.2) is 0 Å². The molecule has 2 heteroatoms. The molecule has 2 radical (unpaired) electrons. The Labute approximate surface area is 54.5 Å². The van der Waals surface area contributed by atoms with Crippen LogP contribution in [-0.2, 0) is 0 Å². The summed E-state index contributed by atoms with van der Waals surface area (Å²) in [4.78, 5) is 0. The highest BCUT2D eigenvalue weighted by molar-refractivity contribution is 6.55. The molecule has 0 aliphatic rings. The first kappa shape index (κ1) is 8.13. The van der Waals surface area contributed by atoms with Crippen LogP contribution in [0, 0.1) is 5.92 Å². The summed E-state index contributed by atoms with van der Waals surface area (Å²) in [7, 11) is 4.51. The molecule has 0 aromatic rings. The molecule has 0 amide bonds. The molecule has 0 heterocycles. The van der Waals surface area contributed by atoms with Gasteiger partial charge in [0.15, 0.2) is 0 Å². The Morgan fingerprint density at radius 3 is 2.38 bits per heavy atom. The van der Waals surface area contributed by atoms with Gasteiger partial charge in [0.05, 0.1) is 7.28 Å². The van der Waals surface area contributed by atoms with Crippen LogP contribution in [0.1, 0.15) is 13.8 Å². The van der Waals surface area contributed by atoms with Gasteiger partial charge in [0, 0.05) is 0 Å². The predicted molar refractivity (Wildman–Crippen MR) is 41.8 cm³/mol. The van der Waals surface area contributed by atoms with Crippen molar-refractivity contribution in [2.45, 2.75) is 33.2 Å². The van der Waals surface area contributed by atoms with Gasteiger partial charge in [0.1, 0.15) is 7.28 Å². The molecule has 0 unspecified atom stereocenters. The van der Waals surface area contributed by atoms with Crippen molar-refractivity contribution < 1.29 is 0 Å². The largest absolute Gasteiger partial charge is 0.107 e. The summed E-state index contributed by atoms with van der Waals surface area (Å²) in [5.74, 6) is 0.829. The molecule has 0 fully saturated rings. The van der Waals surface area contributed by atoms with E-state index < -0.39 is 0 Å². The van der Waals surface area contributed by atoms with Gasteiger partial charge < -0.3 is 0 Å². The van der Waals surface area contributed by atoms with Gasteiger partial charge >= 0.3 is 0 Å². The second kappa shape index (κ2) is 5.27. The van der Waals surface area contributed by atoms with Crippen molar-refractivity contribution in [3.63, 3.8) is 0 Å². The Hall–Kier alpha value is 0.130. The normalized spacial score (nSPS) is 9.50. The van der Waals surface area contributed by atoms with Gasteiger partial charge in [-0.1, -0.05) is 32.9 Å². The van der Waals surface area contributed by atoms with E-state index in [0.29, 0.717) is 0 Å². The first-order chi connectivity index (χ1) is 3.77. The molecule has 0 spiro atoms. The zero-order valence-electron chi connectivity index (χ0n) is 6.15. The zero-order valence-corrected chi connectivity index (χ0v) is 6.15. The molecule has 0 atom stereocenters. The standard InChI is InChI=1S/C6H14B2/c1-6(2)4-8-5-7-3/h6H,4-5H2,1-3H3. The first-order valence-electron chi connectivity index (χ1n) is 3.37. The Morgan fingerprint density at radius 2 is 2.00 bits per heavy atom. The molecule has 0 saturated heterocycles. The van der Waals surface area contributed by atoms with Crippen molar-refractivity contribution in [1.82, 2.24) is 0 Å². The summed E-state index contributed by atoms with van der Waals surface area (Å²) in [6.45, 7) is 6.58. The van der Waals surface area contributed by atoms with Crippen LogP contribution in [0.4, 0.5) is 0 Å². The third-order valence-electron chi connectivity index (χ3n) is 1.04. The molecule has 0 aliphatic carbocycles. The third kappa shape index (κ3) is 6.13. The summed E-state index contributed by atoms with van der Waals surface area (Å²) >= 11 is 0. The Balaban J connectivity index is 2.72. The van der Waals surface area contributed by atoms with Crippen molar-refractivity contribution >= 4 is 14.6 Å². The molecule has 8 heavy (non-hydrogen) atoms. The molecule has 0 aliphatic heterocycles. The minimum atomic E-state index is 0.829. The van der Waals surface area contributed by atoms with Crippen LogP contribution >= 0.6 is 0 Å².